The molecule has 3 rings (SSSR count). The summed E-state index contributed by atoms with van der Waals surface area (Å²) in [5.74, 6) is 0.500. The monoisotopic (exact) mass is 508 g/mol. The van der Waals surface area contributed by atoms with Crippen LogP contribution < -0.4 is 16.0 Å². The van der Waals surface area contributed by atoms with Crippen LogP contribution in [0.3, 0.4) is 0 Å². The number of piperidine rings is 1. The van der Waals surface area contributed by atoms with Crippen molar-refractivity contribution < 1.29 is 19.1 Å². The lowest BCUT2D eigenvalue weighted by Gasteiger charge is -2.38. The number of hydrogen-bond acceptors (Lipinski definition) is 5. The average Bonchev–Trinajstić information content (AvgIpc) is 2.85. The molecule has 2 aliphatic rings. The number of rotatable bonds is 11. The first-order valence-corrected chi connectivity index (χ1v) is 13.3. The van der Waals surface area contributed by atoms with Gasteiger partial charge in [-0.15, -0.1) is 0 Å². The van der Waals surface area contributed by atoms with E-state index in [0.29, 0.717) is 30.6 Å². The lowest BCUT2D eigenvalue weighted by Crippen LogP contribution is -2.52. The molecule has 9 heteroatoms. The van der Waals surface area contributed by atoms with E-state index in [1.807, 2.05) is 43.1 Å². The van der Waals surface area contributed by atoms with Crippen LogP contribution >= 0.6 is 11.6 Å². The van der Waals surface area contributed by atoms with Gasteiger partial charge in [-0.2, -0.15) is 0 Å². The van der Waals surface area contributed by atoms with E-state index in [-0.39, 0.29) is 36.6 Å². The van der Waals surface area contributed by atoms with Crippen molar-refractivity contribution in [2.75, 3.05) is 53.0 Å². The van der Waals surface area contributed by atoms with Crippen LogP contribution in [0.4, 0.5) is 4.79 Å². The smallest absolute Gasteiger partial charge is 0.317 e. The van der Waals surface area contributed by atoms with Crippen molar-refractivity contribution in [1.82, 2.24) is 20.9 Å². The number of carbonyl (C=O) groups excluding carboxylic acids is 2. The minimum atomic E-state index is -0.317. The van der Waals surface area contributed by atoms with Crippen LogP contribution in [0.15, 0.2) is 24.3 Å². The van der Waals surface area contributed by atoms with Crippen molar-refractivity contribution in [3.05, 3.63) is 34.9 Å². The summed E-state index contributed by atoms with van der Waals surface area (Å²) in [5, 5.41) is 9.90. The summed E-state index contributed by atoms with van der Waals surface area (Å²) in [4.78, 5) is 27.3. The van der Waals surface area contributed by atoms with E-state index in [1.165, 1.54) is 0 Å². The van der Waals surface area contributed by atoms with Gasteiger partial charge >= 0.3 is 6.03 Å². The number of benzene rings is 1. The third-order valence-corrected chi connectivity index (χ3v) is 7.09. The maximum absolute atomic E-state index is 13.3. The van der Waals surface area contributed by atoms with Crippen molar-refractivity contribution in [1.29, 1.82) is 0 Å². The number of halogens is 1. The number of urea groups is 1. The van der Waals surface area contributed by atoms with Crippen LogP contribution in [0, 0.1) is 11.8 Å². The molecule has 2 saturated heterocycles. The molecule has 0 bridgehead atoms. The van der Waals surface area contributed by atoms with Crippen LogP contribution in [-0.4, -0.2) is 75.9 Å². The molecule has 1 aromatic carbocycles. The molecule has 0 saturated carbocycles. The van der Waals surface area contributed by atoms with Crippen molar-refractivity contribution >= 4 is 23.5 Å². The molecule has 0 radical (unpaired) electrons. The van der Waals surface area contributed by atoms with Crippen LogP contribution in [0.25, 0.3) is 0 Å². The summed E-state index contributed by atoms with van der Waals surface area (Å²) in [6.45, 7) is 6.05. The second kappa shape index (κ2) is 14.6. The van der Waals surface area contributed by atoms with Gasteiger partial charge in [0.1, 0.15) is 6.61 Å². The van der Waals surface area contributed by atoms with Gasteiger partial charge in [-0.3, -0.25) is 4.79 Å². The highest BCUT2D eigenvalue weighted by Gasteiger charge is 2.32. The van der Waals surface area contributed by atoms with E-state index in [2.05, 4.69) is 16.0 Å². The first-order chi connectivity index (χ1) is 17.0. The maximum Gasteiger partial charge on any atom is 0.317 e. The van der Waals surface area contributed by atoms with Gasteiger partial charge in [0, 0.05) is 56.4 Å². The number of hydrogen-bond donors (Lipinski definition) is 3. The first kappa shape index (κ1) is 27.7. The van der Waals surface area contributed by atoms with Crippen LogP contribution in [0.5, 0.6) is 0 Å². The number of likely N-dealkylation sites (tertiary alicyclic amines) is 1. The van der Waals surface area contributed by atoms with Crippen molar-refractivity contribution in [2.24, 2.45) is 11.8 Å². The van der Waals surface area contributed by atoms with Gasteiger partial charge < -0.3 is 30.3 Å². The molecule has 196 valence electrons. The van der Waals surface area contributed by atoms with Gasteiger partial charge in [0.15, 0.2) is 0 Å². The van der Waals surface area contributed by atoms with Gasteiger partial charge in [-0.25, -0.2) is 4.79 Å². The molecular weight excluding hydrogens is 468 g/mol. The van der Waals surface area contributed by atoms with E-state index in [9.17, 15) is 9.59 Å². The van der Waals surface area contributed by atoms with Crippen molar-refractivity contribution in [2.45, 2.75) is 51.2 Å². The summed E-state index contributed by atoms with van der Waals surface area (Å²) in [6, 6.07) is 7.63. The Morgan fingerprint density at radius 2 is 2.06 bits per heavy atom. The highest BCUT2D eigenvalue weighted by Crippen LogP contribution is 2.34. The van der Waals surface area contributed by atoms with E-state index in [0.717, 1.165) is 57.4 Å². The normalized spacial score (nSPS) is 20.8. The zero-order valence-corrected chi connectivity index (χ0v) is 21.8. The average molecular weight is 509 g/mol. The molecule has 2 unspecified atom stereocenters. The number of carbonyl (C=O) groups is 2. The number of nitrogens with zero attached hydrogens (tertiary/aromatic N) is 1. The molecule has 0 spiro atoms. The molecule has 1 aromatic rings. The summed E-state index contributed by atoms with van der Waals surface area (Å²) in [7, 11) is 1.92. The molecule has 3 amide bonds. The van der Waals surface area contributed by atoms with E-state index < -0.39 is 0 Å². The topological polar surface area (TPSA) is 91.9 Å². The van der Waals surface area contributed by atoms with E-state index in [1.54, 1.807) is 0 Å². The number of likely N-dealkylation sites (N-methyl/N-ethyl adjacent to an activating group) is 2. The highest BCUT2D eigenvalue weighted by atomic mass is 35.5. The largest absolute Gasteiger partial charge is 0.381 e. The van der Waals surface area contributed by atoms with Gasteiger partial charge in [-0.05, 0) is 69.7 Å². The molecule has 2 aliphatic heterocycles. The fraction of sp³-hybridized carbons (Fsp3) is 0.692. The number of ether oxygens (including phenoxy) is 2. The summed E-state index contributed by atoms with van der Waals surface area (Å²) < 4.78 is 11.6. The molecule has 0 aromatic heterocycles. The Morgan fingerprint density at radius 1 is 1.26 bits per heavy atom. The van der Waals surface area contributed by atoms with Gasteiger partial charge in [0.05, 0.1) is 6.10 Å². The van der Waals surface area contributed by atoms with Gasteiger partial charge in [0.2, 0.25) is 5.91 Å². The van der Waals surface area contributed by atoms with Crippen LogP contribution in [-0.2, 0) is 14.3 Å². The molecule has 8 nitrogen and oxygen atoms in total. The predicted molar refractivity (Wildman–Crippen MR) is 138 cm³/mol. The molecule has 3 N–H and O–H groups in total. The number of nitrogens with one attached hydrogen (secondary N) is 3. The third-order valence-electron chi connectivity index (χ3n) is 6.86. The van der Waals surface area contributed by atoms with E-state index in [4.69, 9.17) is 21.1 Å². The third kappa shape index (κ3) is 8.94. The lowest BCUT2D eigenvalue weighted by atomic mass is 9.88. The van der Waals surface area contributed by atoms with E-state index >= 15 is 0 Å². The number of amides is 3. The van der Waals surface area contributed by atoms with Gasteiger partial charge in [-0.1, -0.05) is 23.7 Å². The predicted octanol–water partition coefficient (Wildman–Crippen LogP) is 3.36. The van der Waals surface area contributed by atoms with Crippen LogP contribution in [0.1, 0.15) is 50.7 Å². The highest BCUT2D eigenvalue weighted by molar-refractivity contribution is 6.30. The standard InChI is InChI=1S/C26H41ClN4O4/c1-3-29-24(32)18-35-25(20-6-4-8-22(27)15-20)21-7-5-11-31(17-21)26(33)30-23(16-28-2)14-19-9-12-34-13-10-19/h4,6,8,15,19,21,23,25,28H,3,5,7,9-14,16-18H2,1-2H3,(H,29,32)(H,30,33)/t21?,23?,25-/m0/s1. The van der Waals surface area contributed by atoms with Crippen LogP contribution in [0.2, 0.25) is 5.02 Å². The zero-order chi connectivity index (χ0) is 25.0. The Hall–Kier alpha value is -1.87. The Balaban J connectivity index is 1.64. The lowest BCUT2D eigenvalue weighted by molar-refractivity contribution is -0.129. The van der Waals surface area contributed by atoms with Crippen molar-refractivity contribution in [3.8, 4) is 0 Å². The Bertz CT molecular complexity index is 805. The molecule has 3 atom stereocenters. The Morgan fingerprint density at radius 3 is 2.77 bits per heavy atom. The Labute approximate surface area is 214 Å². The second-order valence-corrected chi connectivity index (χ2v) is 10.0. The molecule has 2 fully saturated rings. The second-order valence-electron chi connectivity index (χ2n) is 9.58. The first-order valence-electron chi connectivity index (χ1n) is 12.9. The van der Waals surface area contributed by atoms with Crippen molar-refractivity contribution in [3.63, 3.8) is 0 Å². The van der Waals surface area contributed by atoms with Gasteiger partial charge in [0.25, 0.3) is 0 Å². The zero-order valence-electron chi connectivity index (χ0n) is 21.1. The summed E-state index contributed by atoms with van der Waals surface area (Å²) in [6.07, 6.45) is 4.53. The quantitative estimate of drug-likeness (QED) is 0.426. The fourth-order valence-corrected chi connectivity index (χ4v) is 5.33. The molecule has 0 aliphatic carbocycles. The molecular formula is C26H41ClN4O4. The summed E-state index contributed by atoms with van der Waals surface area (Å²) >= 11 is 6.26. The maximum atomic E-state index is 13.3. The molecule has 35 heavy (non-hydrogen) atoms. The molecule has 2 heterocycles. The SMILES string of the molecule is CCNC(=O)CO[C@@H](c1cccc(Cl)c1)C1CCCN(C(=O)NC(CNC)CC2CCOCC2)C1. The summed E-state index contributed by atoms with van der Waals surface area (Å²) in [5.41, 5.74) is 0.932. The fourth-order valence-electron chi connectivity index (χ4n) is 5.13. The Kier molecular flexibility index (Phi) is 11.6. The minimum Gasteiger partial charge on any atom is -0.381 e. The minimum absolute atomic E-state index is 0.0247.